The molecule has 0 spiro atoms. The zero-order valence-electron chi connectivity index (χ0n) is 11.6. The molecule has 5 heteroatoms. The number of ether oxygens (including phenoxy) is 1. The molecule has 2 aromatic carbocycles. The first-order valence-corrected chi connectivity index (χ1v) is 6.62. The van der Waals surface area contributed by atoms with Crippen molar-refractivity contribution in [3.63, 3.8) is 0 Å². The first-order chi connectivity index (χ1) is 10.4. The summed E-state index contributed by atoms with van der Waals surface area (Å²) < 4.78 is 10.5. The van der Waals surface area contributed by atoms with Crippen molar-refractivity contribution in [3.05, 3.63) is 60.5 Å². The second kappa shape index (κ2) is 6.09. The molecule has 1 heterocycles. The Hall–Kier alpha value is -2.82. The fraction of sp³-hybridized carbons (Fsp3) is 0.125. The van der Waals surface area contributed by atoms with E-state index in [4.69, 9.17) is 9.26 Å². The van der Waals surface area contributed by atoms with Crippen LogP contribution in [0.1, 0.15) is 5.89 Å². The van der Waals surface area contributed by atoms with Gasteiger partial charge in [0, 0.05) is 5.56 Å². The van der Waals surface area contributed by atoms with E-state index < -0.39 is 0 Å². The maximum atomic E-state index is 5.28. The van der Waals surface area contributed by atoms with Gasteiger partial charge in [-0.05, 0) is 12.1 Å². The Labute approximate surface area is 122 Å². The van der Waals surface area contributed by atoms with Gasteiger partial charge in [-0.25, -0.2) is 0 Å². The van der Waals surface area contributed by atoms with Crippen LogP contribution < -0.4 is 10.1 Å². The first-order valence-electron chi connectivity index (χ1n) is 6.62. The lowest BCUT2D eigenvalue weighted by Gasteiger charge is -2.08. The Morgan fingerprint density at radius 2 is 1.81 bits per heavy atom. The summed E-state index contributed by atoms with van der Waals surface area (Å²) >= 11 is 0. The molecule has 1 aromatic heterocycles. The van der Waals surface area contributed by atoms with Crippen molar-refractivity contribution >= 4 is 5.69 Å². The van der Waals surface area contributed by atoms with E-state index in [1.54, 1.807) is 7.11 Å². The molecule has 106 valence electrons. The lowest BCUT2D eigenvalue weighted by molar-refractivity contribution is 0.383. The molecule has 21 heavy (non-hydrogen) atoms. The second-order valence-corrected chi connectivity index (χ2v) is 4.43. The molecule has 3 aromatic rings. The molecule has 0 fully saturated rings. The molecule has 5 nitrogen and oxygen atoms in total. The molecule has 0 bridgehead atoms. The molecule has 0 saturated carbocycles. The number of hydrogen-bond donors (Lipinski definition) is 1. The van der Waals surface area contributed by atoms with Gasteiger partial charge in [-0.2, -0.15) is 4.98 Å². The van der Waals surface area contributed by atoms with Crippen molar-refractivity contribution in [2.45, 2.75) is 6.54 Å². The Balaban J connectivity index is 1.71. The zero-order valence-corrected chi connectivity index (χ0v) is 11.6. The van der Waals surface area contributed by atoms with Gasteiger partial charge in [-0.3, -0.25) is 0 Å². The van der Waals surface area contributed by atoms with E-state index >= 15 is 0 Å². The van der Waals surface area contributed by atoms with Crippen LogP contribution in [0.15, 0.2) is 59.1 Å². The van der Waals surface area contributed by atoms with Crippen LogP contribution in [0.4, 0.5) is 5.69 Å². The Bertz CT molecular complexity index is 710. The van der Waals surface area contributed by atoms with Crippen molar-refractivity contribution in [3.8, 4) is 17.1 Å². The Morgan fingerprint density at radius 1 is 1.05 bits per heavy atom. The van der Waals surface area contributed by atoms with Crippen LogP contribution in [0.3, 0.4) is 0 Å². The third kappa shape index (κ3) is 3.02. The number of methoxy groups -OCH3 is 1. The molecule has 0 amide bonds. The van der Waals surface area contributed by atoms with Crippen molar-refractivity contribution < 1.29 is 9.26 Å². The highest BCUT2D eigenvalue weighted by molar-refractivity contribution is 5.56. The van der Waals surface area contributed by atoms with Crippen molar-refractivity contribution in [2.75, 3.05) is 12.4 Å². The summed E-state index contributed by atoms with van der Waals surface area (Å²) in [7, 11) is 1.64. The molecular weight excluding hydrogens is 266 g/mol. The molecule has 3 rings (SSSR count). The molecule has 0 unspecified atom stereocenters. The topological polar surface area (TPSA) is 60.2 Å². The lowest BCUT2D eigenvalue weighted by Crippen LogP contribution is -2.01. The smallest absolute Gasteiger partial charge is 0.246 e. The summed E-state index contributed by atoms with van der Waals surface area (Å²) in [5.74, 6) is 1.90. The standard InChI is InChI=1S/C16H15N3O2/c1-20-14-10-6-5-9-13(14)17-11-15-18-16(19-21-15)12-7-3-2-4-8-12/h2-10,17H,11H2,1H3. The summed E-state index contributed by atoms with van der Waals surface area (Å²) in [6, 6.07) is 17.4. The molecule has 0 radical (unpaired) electrons. The van der Waals surface area contributed by atoms with Gasteiger partial charge in [0.15, 0.2) is 0 Å². The van der Waals surface area contributed by atoms with Crippen molar-refractivity contribution in [1.29, 1.82) is 0 Å². The van der Waals surface area contributed by atoms with E-state index in [9.17, 15) is 0 Å². The average Bonchev–Trinajstić information content (AvgIpc) is 3.03. The Kier molecular flexibility index (Phi) is 3.82. The molecule has 1 N–H and O–H groups in total. The first kappa shape index (κ1) is 13.2. The van der Waals surface area contributed by atoms with E-state index in [2.05, 4.69) is 15.5 Å². The van der Waals surface area contributed by atoms with Crippen LogP contribution in [-0.2, 0) is 6.54 Å². The quantitative estimate of drug-likeness (QED) is 0.777. The monoisotopic (exact) mass is 281 g/mol. The van der Waals surface area contributed by atoms with Gasteiger partial charge in [0.25, 0.3) is 0 Å². The van der Waals surface area contributed by atoms with Crippen LogP contribution >= 0.6 is 0 Å². The van der Waals surface area contributed by atoms with E-state index in [-0.39, 0.29) is 0 Å². The van der Waals surface area contributed by atoms with Gasteiger partial charge in [0.2, 0.25) is 11.7 Å². The Morgan fingerprint density at radius 3 is 2.62 bits per heavy atom. The molecule has 0 saturated heterocycles. The SMILES string of the molecule is COc1ccccc1NCc1nc(-c2ccccc2)no1. The highest BCUT2D eigenvalue weighted by Gasteiger charge is 2.09. The van der Waals surface area contributed by atoms with E-state index in [1.807, 2.05) is 54.6 Å². The van der Waals surface area contributed by atoms with E-state index in [0.717, 1.165) is 17.0 Å². The summed E-state index contributed by atoms with van der Waals surface area (Å²) in [5, 5.41) is 7.21. The van der Waals surface area contributed by atoms with Gasteiger partial charge in [-0.15, -0.1) is 0 Å². The van der Waals surface area contributed by atoms with Gasteiger partial charge in [-0.1, -0.05) is 47.6 Å². The van der Waals surface area contributed by atoms with Gasteiger partial charge >= 0.3 is 0 Å². The summed E-state index contributed by atoms with van der Waals surface area (Å²) in [6.45, 7) is 0.445. The van der Waals surface area contributed by atoms with Crippen molar-refractivity contribution in [2.24, 2.45) is 0 Å². The van der Waals surface area contributed by atoms with Crippen LogP contribution in [-0.4, -0.2) is 17.3 Å². The van der Waals surface area contributed by atoms with Crippen LogP contribution in [0.25, 0.3) is 11.4 Å². The van der Waals surface area contributed by atoms with Gasteiger partial charge < -0.3 is 14.6 Å². The largest absolute Gasteiger partial charge is 0.495 e. The van der Waals surface area contributed by atoms with Crippen LogP contribution in [0.2, 0.25) is 0 Å². The van der Waals surface area contributed by atoms with E-state index in [0.29, 0.717) is 18.3 Å². The lowest BCUT2D eigenvalue weighted by atomic mass is 10.2. The average molecular weight is 281 g/mol. The zero-order chi connectivity index (χ0) is 14.5. The predicted octanol–water partition coefficient (Wildman–Crippen LogP) is 3.36. The van der Waals surface area contributed by atoms with E-state index in [1.165, 1.54) is 0 Å². The highest BCUT2D eigenvalue weighted by Crippen LogP contribution is 2.23. The molecule has 0 atom stereocenters. The number of nitrogens with zero attached hydrogens (tertiary/aromatic N) is 2. The normalized spacial score (nSPS) is 10.3. The molecule has 0 aliphatic carbocycles. The van der Waals surface area contributed by atoms with Crippen molar-refractivity contribution in [1.82, 2.24) is 10.1 Å². The summed E-state index contributed by atoms with van der Waals surface area (Å²) in [6.07, 6.45) is 0. The summed E-state index contributed by atoms with van der Waals surface area (Å²) in [4.78, 5) is 4.37. The minimum absolute atomic E-state index is 0.445. The third-order valence-electron chi connectivity index (χ3n) is 3.04. The molecule has 0 aliphatic heterocycles. The maximum absolute atomic E-state index is 5.28. The fourth-order valence-corrected chi connectivity index (χ4v) is 1.99. The predicted molar refractivity (Wildman–Crippen MR) is 80.1 cm³/mol. The number of rotatable bonds is 5. The number of para-hydroxylation sites is 2. The number of nitrogens with one attached hydrogen (secondary N) is 1. The number of hydrogen-bond acceptors (Lipinski definition) is 5. The molecule has 0 aliphatic rings. The number of benzene rings is 2. The third-order valence-corrected chi connectivity index (χ3v) is 3.04. The number of aromatic nitrogens is 2. The second-order valence-electron chi connectivity index (χ2n) is 4.43. The van der Waals surface area contributed by atoms with Crippen LogP contribution in [0, 0.1) is 0 Å². The number of anilines is 1. The fourth-order valence-electron chi connectivity index (χ4n) is 1.99. The summed E-state index contributed by atoms with van der Waals surface area (Å²) in [5.41, 5.74) is 1.82. The van der Waals surface area contributed by atoms with Crippen LogP contribution in [0.5, 0.6) is 5.75 Å². The minimum atomic E-state index is 0.445. The minimum Gasteiger partial charge on any atom is -0.495 e. The highest BCUT2D eigenvalue weighted by atomic mass is 16.5. The van der Waals surface area contributed by atoms with Gasteiger partial charge in [0.1, 0.15) is 5.75 Å². The van der Waals surface area contributed by atoms with Gasteiger partial charge in [0.05, 0.1) is 19.3 Å². The maximum Gasteiger partial charge on any atom is 0.246 e. The molecular formula is C16H15N3O2.